The zero-order chi connectivity index (χ0) is 19.6. The van der Waals surface area contributed by atoms with Gasteiger partial charge in [-0.25, -0.2) is 13.1 Å². The number of hydrogen-bond donors (Lipinski definition) is 1. The summed E-state index contributed by atoms with van der Waals surface area (Å²) in [6, 6.07) is 11.9. The molecule has 2 aromatic carbocycles. The lowest BCUT2D eigenvalue weighted by Crippen LogP contribution is -2.49. The molecule has 0 spiro atoms. The molecular weight excluding hydrogens is 386 g/mol. The van der Waals surface area contributed by atoms with Crippen LogP contribution >= 0.6 is 11.6 Å². The predicted octanol–water partition coefficient (Wildman–Crippen LogP) is 2.52. The SMILES string of the molecule is CNS(=O)(=O)c1cccc(C(=O)N2CCN(c3cc(Cl)ccc3C)CC2)c1. The summed E-state index contributed by atoms with van der Waals surface area (Å²) < 4.78 is 26.2. The van der Waals surface area contributed by atoms with Crippen molar-refractivity contribution in [2.24, 2.45) is 0 Å². The summed E-state index contributed by atoms with van der Waals surface area (Å²) in [5.41, 5.74) is 2.60. The van der Waals surface area contributed by atoms with Crippen LogP contribution in [0.5, 0.6) is 0 Å². The molecular formula is C19H22ClN3O3S. The maximum Gasteiger partial charge on any atom is 0.254 e. The first-order valence-corrected chi connectivity index (χ1v) is 10.5. The molecule has 0 unspecified atom stereocenters. The summed E-state index contributed by atoms with van der Waals surface area (Å²) in [6.45, 7) is 4.56. The molecule has 1 N–H and O–H groups in total. The number of benzene rings is 2. The van der Waals surface area contributed by atoms with Gasteiger partial charge in [-0.3, -0.25) is 4.79 Å². The van der Waals surface area contributed by atoms with Crippen LogP contribution in [-0.4, -0.2) is 52.5 Å². The van der Waals surface area contributed by atoms with Crippen LogP contribution < -0.4 is 9.62 Å². The number of carbonyl (C=O) groups excluding carboxylic acids is 1. The van der Waals surface area contributed by atoms with Crippen LogP contribution in [0.15, 0.2) is 47.4 Å². The van der Waals surface area contributed by atoms with E-state index in [4.69, 9.17) is 11.6 Å². The standard InChI is InChI=1S/C19H22ClN3O3S/c1-14-6-7-16(20)13-18(14)22-8-10-23(11-9-22)19(24)15-4-3-5-17(12-15)27(25,26)21-2/h3-7,12-13,21H,8-11H2,1-2H3. The van der Waals surface area contributed by atoms with Crippen LogP contribution in [0.1, 0.15) is 15.9 Å². The first kappa shape index (κ1) is 19.7. The molecule has 1 aliphatic heterocycles. The third-order valence-electron chi connectivity index (χ3n) is 4.74. The van der Waals surface area contributed by atoms with E-state index in [9.17, 15) is 13.2 Å². The van der Waals surface area contributed by atoms with Crippen LogP contribution in [0.4, 0.5) is 5.69 Å². The minimum absolute atomic E-state index is 0.0871. The average molecular weight is 408 g/mol. The van der Waals surface area contributed by atoms with Gasteiger partial charge in [0.1, 0.15) is 0 Å². The van der Waals surface area contributed by atoms with Gasteiger partial charge < -0.3 is 9.80 Å². The average Bonchev–Trinajstić information content (AvgIpc) is 2.69. The Hall–Kier alpha value is -2.09. The van der Waals surface area contributed by atoms with Crippen LogP contribution in [0.2, 0.25) is 5.02 Å². The number of rotatable bonds is 4. The van der Waals surface area contributed by atoms with E-state index in [0.29, 0.717) is 36.8 Å². The van der Waals surface area contributed by atoms with Crippen molar-refractivity contribution < 1.29 is 13.2 Å². The van der Waals surface area contributed by atoms with Crippen molar-refractivity contribution >= 4 is 33.2 Å². The van der Waals surface area contributed by atoms with E-state index < -0.39 is 10.0 Å². The summed E-state index contributed by atoms with van der Waals surface area (Å²) >= 11 is 6.11. The number of halogens is 1. The van der Waals surface area contributed by atoms with Crippen molar-refractivity contribution in [2.45, 2.75) is 11.8 Å². The molecule has 6 nitrogen and oxygen atoms in total. The number of anilines is 1. The number of amides is 1. The van der Waals surface area contributed by atoms with Gasteiger partial charge in [0.05, 0.1) is 4.90 Å². The van der Waals surface area contributed by atoms with E-state index in [1.807, 2.05) is 25.1 Å². The zero-order valence-corrected chi connectivity index (χ0v) is 16.8. The summed E-state index contributed by atoms with van der Waals surface area (Å²) in [6.07, 6.45) is 0. The number of sulfonamides is 1. The number of aryl methyl sites for hydroxylation is 1. The van der Waals surface area contributed by atoms with Crippen LogP contribution in [0.3, 0.4) is 0 Å². The molecule has 144 valence electrons. The van der Waals surface area contributed by atoms with Crippen molar-refractivity contribution in [3.8, 4) is 0 Å². The highest BCUT2D eigenvalue weighted by molar-refractivity contribution is 7.89. The highest BCUT2D eigenvalue weighted by Crippen LogP contribution is 2.25. The molecule has 1 amide bonds. The minimum atomic E-state index is -3.58. The summed E-state index contributed by atoms with van der Waals surface area (Å²) in [5, 5.41) is 0.691. The van der Waals surface area contributed by atoms with Crippen molar-refractivity contribution in [3.63, 3.8) is 0 Å². The third kappa shape index (κ3) is 4.26. The monoisotopic (exact) mass is 407 g/mol. The van der Waals surface area contributed by atoms with Crippen molar-refractivity contribution in [2.75, 3.05) is 38.1 Å². The summed E-state index contributed by atoms with van der Waals surface area (Å²) in [4.78, 5) is 16.9. The van der Waals surface area contributed by atoms with Crippen LogP contribution in [-0.2, 0) is 10.0 Å². The van der Waals surface area contributed by atoms with E-state index in [1.54, 1.807) is 17.0 Å². The first-order chi connectivity index (χ1) is 12.8. The molecule has 0 radical (unpaired) electrons. The number of hydrogen-bond acceptors (Lipinski definition) is 4. The quantitative estimate of drug-likeness (QED) is 0.845. The normalized spacial score (nSPS) is 15.1. The Balaban J connectivity index is 1.72. The highest BCUT2D eigenvalue weighted by atomic mass is 35.5. The number of carbonyl (C=O) groups is 1. The fourth-order valence-corrected chi connectivity index (χ4v) is 4.11. The Bertz CT molecular complexity index is 954. The van der Waals surface area contributed by atoms with Gasteiger partial charge in [-0.1, -0.05) is 23.7 Å². The lowest BCUT2D eigenvalue weighted by atomic mass is 10.1. The fourth-order valence-electron chi connectivity index (χ4n) is 3.17. The Kier molecular flexibility index (Phi) is 5.74. The maximum atomic E-state index is 12.8. The highest BCUT2D eigenvalue weighted by Gasteiger charge is 2.24. The maximum absolute atomic E-state index is 12.8. The van der Waals surface area contributed by atoms with Crippen molar-refractivity contribution in [1.82, 2.24) is 9.62 Å². The second-order valence-corrected chi connectivity index (χ2v) is 8.77. The molecule has 1 aliphatic rings. The smallest absolute Gasteiger partial charge is 0.254 e. The predicted molar refractivity (Wildman–Crippen MR) is 107 cm³/mol. The van der Waals surface area contributed by atoms with E-state index in [-0.39, 0.29) is 10.8 Å². The van der Waals surface area contributed by atoms with Gasteiger partial charge >= 0.3 is 0 Å². The van der Waals surface area contributed by atoms with Gasteiger partial charge in [0.15, 0.2) is 0 Å². The van der Waals surface area contributed by atoms with E-state index in [1.165, 1.54) is 19.2 Å². The first-order valence-electron chi connectivity index (χ1n) is 8.66. The number of piperazine rings is 1. The Labute approximate surface area is 164 Å². The topological polar surface area (TPSA) is 69.7 Å². The molecule has 0 aliphatic carbocycles. The number of nitrogens with one attached hydrogen (secondary N) is 1. The fraction of sp³-hybridized carbons (Fsp3) is 0.316. The van der Waals surface area contributed by atoms with Gasteiger partial charge in [-0.05, 0) is 49.9 Å². The molecule has 3 rings (SSSR count). The molecule has 0 bridgehead atoms. The second-order valence-electron chi connectivity index (χ2n) is 6.45. The molecule has 0 aromatic heterocycles. The third-order valence-corrected chi connectivity index (χ3v) is 6.39. The summed E-state index contributed by atoms with van der Waals surface area (Å²) in [7, 11) is -2.23. The molecule has 2 aromatic rings. The Morgan fingerprint density at radius 3 is 2.44 bits per heavy atom. The lowest BCUT2D eigenvalue weighted by Gasteiger charge is -2.37. The molecule has 1 fully saturated rings. The van der Waals surface area contributed by atoms with Crippen LogP contribution in [0, 0.1) is 6.92 Å². The van der Waals surface area contributed by atoms with Crippen molar-refractivity contribution in [1.29, 1.82) is 0 Å². The molecule has 1 heterocycles. The molecule has 27 heavy (non-hydrogen) atoms. The molecule has 0 saturated carbocycles. The Morgan fingerprint density at radius 2 is 1.78 bits per heavy atom. The molecule has 8 heteroatoms. The van der Waals surface area contributed by atoms with E-state index in [2.05, 4.69) is 9.62 Å². The minimum Gasteiger partial charge on any atom is -0.368 e. The van der Waals surface area contributed by atoms with E-state index in [0.717, 1.165) is 11.3 Å². The van der Waals surface area contributed by atoms with Gasteiger partial charge in [0, 0.05) is 42.5 Å². The number of nitrogens with zero attached hydrogens (tertiary/aromatic N) is 2. The largest absolute Gasteiger partial charge is 0.368 e. The van der Waals surface area contributed by atoms with E-state index >= 15 is 0 Å². The van der Waals surface area contributed by atoms with Gasteiger partial charge in [-0.15, -0.1) is 0 Å². The molecule has 1 saturated heterocycles. The lowest BCUT2D eigenvalue weighted by molar-refractivity contribution is 0.0746. The van der Waals surface area contributed by atoms with Gasteiger partial charge in [0.2, 0.25) is 10.0 Å². The Morgan fingerprint density at radius 1 is 1.07 bits per heavy atom. The zero-order valence-electron chi connectivity index (χ0n) is 15.3. The van der Waals surface area contributed by atoms with Crippen LogP contribution in [0.25, 0.3) is 0 Å². The second kappa shape index (κ2) is 7.88. The van der Waals surface area contributed by atoms with Gasteiger partial charge in [-0.2, -0.15) is 0 Å². The van der Waals surface area contributed by atoms with Gasteiger partial charge in [0.25, 0.3) is 5.91 Å². The molecule has 0 atom stereocenters. The summed E-state index contributed by atoms with van der Waals surface area (Å²) in [5.74, 6) is -0.161. The van der Waals surface area contributed by atoms with Crippen molar-refractivity contribution in [3.05, 3.63) is 58.6 Å².